The number of carbonyl (C=O) groups excluding carboxylic acids is 1. The number of anilines is 2. The van der Waals surface area contributed by atoms with E-state index in [2.05, 4.69) is 10.6 Å². The van der Waals surface area contributed by atoms with Crippen LogP contribution in [-0.4, -0.2) is 10.8 Å². The lowest BCUT2D eigenvalue weighted by Gasteiger charge is -2.11. The van der Waals surface area contributed by atoms with Gasteiger partial charge >= 0.3 is 0 Å². The smallest absolute Gasteiger partial charge is 0.292 e. The zero-order valence-electron chi connectivity index (χ0n) is 14.7. The van der Waals surface area contributed by atoms with Crippen molar-refractivity contribution in [3.63, 3.8) is 0 Å². The van der Waals surface area contributed by atoms with E-state index in [1.807, 2.05) is 39.0 Å². The van der Waals surface area contributed by atoms with Crippen molar-refractivity contribution in [2.24, 2.45) is 0 Å². The summed E-state index contributed by atoms with van der Waals surface area (Å²) in [4.78, 5) is 22.7. The first-order valence-corrected chi connectivity index (χ1v) is 7.83. The monoisotopic (exact) mass is 350 g/mol. The van der Waals surface area contributed by atoms with Crippen molar-refractivity contribution >= 4 is 23.0 Å². The highest BCUT2D eigenvalue weighted by atomic mass is 16.6. The number of nitrogens with one attached hydrogen (secondary N) is 2. The molecule has 0 saturated carbocycles. The Balaban J connectivity index is 2.24. The molecule has 0 fully saturated rings. The fourth-order valence-electron chi connectivity index (χ4n) is 2.63. The number of rotatable bonds is 5. The number of amides is 1. The minimum absolute atomic E-state index is 0.0337. The van der Waals surface area contributed by atoms with E-state index in [-0.39, 0.29) is 16.9 Å². The van der Waals surface area contributed by atoms with Crippen LogP contribution in [0.3, 0.4) is 0 Å². The first kappa shape index (κ1) is 18.7. The SMILES string of the molecule is Cc1cc(C)c(N/C=C(/C#N)C(=O)Nc2ccccc2[N+](=O)[O-])c(C)c1. The molecule has 0 aliphatic rings. The highest BCUT2D eigenvalue weighted by Crippen LogP contribution is 2.24. The van der Waals surface area contributed by atoms with Gasteiger partial charge in [0.2, 0.25) is 0 Å². The average molecular weight is 350 g/mol. The molecule has 0 unspecified atom stereocenters. The van der Waals surface area contributed by atoms with E-state index < -0.39 is 10.8 Å². The molecule has 2 N–H and O–H groups in total. The van der Waals surface area contributed by atoms with Gasteiger partial charge in [-0.2, -0.15) is 5.26 Å². The fraction of sp³-hybridized carbons (Fsp3) is 0.158. The van der Waals surface area contributed by atoms with Crippen LogP contribution in [0.15, 0.2) is 48.2 Å². The number of para-hydroxylation sites is 2. The molecule has 132 valence electrons. The summed E-state index contributed by atoms with van der Waals surface area (Å²) in [7, 11) is 0. The maximum Gasteiger partial charge on any atom is 0.292 e. The summed E-state index contributed by atoms with van der Waals surface area (Å²) in [6, 6.07) is 11.5. The number of nitrogens with zero attached hydrogens (tertiary/aromatic N) is 2. The normalized spacial score (nSPS) is 10.8. The summed E-state index contributed by atoms with van der Waals surface area (Å²) >= 11 is 0. The van der Waals surface area contributed by atoms with E-state index in [1.54, 1.807) is 6.07 Å². The van der Waals surface area contributed by atoms with Gasteiger partial charge in [-0.3, -0.25) is 14.9 Å². The number of benzene rings is 2. The molecule has 0 radical (unpaired) electrons. The molecule has 0 spiro atoms. The van der Waals surface area contributed by atoms with Crippen LogP contribution < -0.4 is 10.6 Å². The Morgan fingerprint density at radius 2 is 1.81 bits per heavy atom. The van der Waals surface area contributed by atoms with Crippen LogP contribution in [0.4, 0.5) is 17.1 Å². The minimum atomic E-state index is -0.725. The zero-order chi connectivity index (χ0) is 19.3. The molecule has 0 saturated heterocycles. The lowest BCUT2D eigenvalue weighted by molar-refractivity contribution is -0.383. The predicted octanol–water partition coefficient (Wildman–Crippen LogP) is 3.98. The Morgan fingerprint density at radius 3 is 2.38 bits per heavy atom. The molecule has 7 nitrogen and oxygen atoms in total. The molecule has 0 bridgehead atoms. The Hall–Kier alpha value is -3.66. The number of aryl methyl sites for hydroxylation is 3. The second-order valence-electron chi connectivity index (χ2n) is 5.82. The topological polar surface area (TPSA) is 108 Å². The molecule has 0 atom stereocenters. The molecule has 0 aromatic heterocycles. The second kappa shape index (κ2) is 7.94. The number of hydrogen-bond acceptors (Lipinski definition) is 5. The molecule has 2 rings (SSSR count). The van der Waals surface area contributed by atoms with E-state index in [1.165, 1.54) is 24.4 Å². The van der Waals surface area contributed by atoms with Crippen LogP contribution in [0.5, 0.6) is 0 Å². The van der Waals surface area contributed by atoms with Crippen LogP contribution in [-0.2, 0) is 4.79 Å². The molecule has 1 amide bonds. The third-order valence-corrected chi connectivity index (χ3v) is 3.75. The first-order valence-electron chi connectivity index (χ1n) is 7.83. The summed E-state index contributed by atoms with van der Waals surface area (Å²) in [6.45, 7) is 5.84. The van der Waals surface area contributed by atoms with Crippen LogP contribution in [0.2, 0.25) is 0 Å². The number of nitriles is 1. The maximum absolute atomic E-state index is 12.3. The quantitative estimate of drug-likeness (QED) is 0.367. The molecule has 7 heteroatoms. The van der Waals surface area contributed by atoms with Crippen LogP contribution in [0.25, 0.3) is 0 Å². The van der Waals surface area contributed by atoms with Crippen LogP contribution in [0.1, 0.15) is 16.7 Å². The third-order valence-electron chi connectivity index (χ3n) is 3.75. The molecule has 0 aliphatic carbocycles. The first-order chi connectivity index (χ1) is 12.3. The third kappa shape index (κ3) is 4.24. The van der Waals surface area contributed by atoms with E-state index >= 15 is 0 Å². The van der Waals surface area contributed by atoms with Gasteiger partial charge < -0.3 is 10.6 Å². The Bertz CT molecular complexity index is 919. The van der Waals surface area contributed by atoms with E-state index in [9.17, 15) is 20.2 Å². The molecule has 26 heavy (non-hydrogen) atoms. The van der Waals surface area contributed by atoms with Gasteiger partial charge in [-0.25, -0.2) is 0 Å². The Labute approximate surface area is 151 Å². The average Bonchev–Trinajstić information content (AvgIpc) is 2.57. The number of nitro benzene ring substituents is 1. The Morgan fingerprint density at radius 1 is 1.19 bits per heavy atom. The van der Waals surface area contributed by atoms with Crippen LogP contribution >= 0.6 is 0 Å². The van der Waals surface area contributed by atoms with Crippen molar-refractivity contribution in [2.75, 3.05) is 10.6 Å². The zero-order valence-corrected chi connectivity index (χ0v) is 14.7. The van der Waals surface area contributed by atoms with Gasteiger partial charge in [0.1, 0.15) is 17.3 Å². The standard InChI is InChI=1S/C19H18N4O3/c1-12-8-13(2)18(14(3)9-12)21-11-15(10-20)19(24)22-16-6-4-5-7-17(16)23(25)26/h4-9,11,21H,1-3H3,(H,22,24)/b15-11-. The lowest BCUT2D eigenvalue weighted by atomic mass is 10.1. The Kier molecular flexibility index (Phi) is 5.71. The number of carbonyl (C=O) groups is 1. The van der Waals surface area contributed by atoms with Crippen molar-refractivity contribution in [3.05, 3.63) is 75.0 Å². The molecule has 2 aromatic rings. The van der Waals surface area contributed by atoms with Crippen LogP contribution in [0, 0.1) is 42.2 Å². The second-order valence-corrected chi connectivity index (χ2v) is 5.82. The minimum Gasteiger partial charge on any atom is -0.360 e. The van der Waals surface area contributed by atoms with E-state index in [0.29, 0.717) is 0 Å². The summed E-state index contributed by atoms with van der Waals surface area (Å²) in [5.41, 5.74) is 3.49. The van der Waals surface area contributed by atoms with Gasteiger partial charge in [0.25, 0.3) is 11.6 Å². The lowest BCUT2D eigenvalue weighted by Crippen LogP contribution is -2.15. The van der Waals surface area contributed by atoms with Crippen molar-refractivity contribution < 1.29 is 9.72 Å². The van der Waals surface area contributed by atoms with Gasteiger partial charge in [-0.15, -0.1) is 0 Å². The number of hydrogen-bond donors (Lipinski definition) is 2. The van der Waals surface area contributed by atoms with Gasteiger partial charge in [-0.05, 0) is 38.0 Å². The molecule has 2 aromatic carbocycles. The number of nitro groups is 1. The van der Waals surface area contributed by atoms with Gasteiger partial charge in [0.05, 0.1) is 4.92 Å². The molecule has 0 aliphatic heterocycles. The summed E-state index contributed by atoms with van der Waals surface area (Å²) in [5.74, 6) is -0.725. The van der Waals surface area contributed by atoms with E-state index in [0.717, 1.165) is 22.4 Å². The van der Waals surface area contributed by atoms with Gasteiger partial charge in [0.15, 0.2) is 0 Å². The predicted molar refractivity (Wildman–Crippen MR) is 99.7 cm³/mol. The summed E-state index contributed by atoms with van der Waals surface area (Å²) < 4.78 is 0. The summed E-state index contributed by atoms with van der Waals surface area (Å²) in [6.07, 6.45) is 1.30. The van der Waals surface area contributed by atoms with Crippen molar-refractivity contribution in [1.29, 1.82) is 5.26 Å². The molecular weight excluding hydrogens is 332 g/mol. The highest BCUT2D eigenvalue weighted by molar-refractivity contribution is 6.07. The summed E-state index contributed by atoms with van der Waals surface area (Å²) in [5, 5.41) is 25.7. The van der Waals surface area contributed by atoms with Gasteiger partial charge in [0, 0.05) is 18.0 Å². The molecular formula is C19H18N4O3. The van der Waals surface area contributed by atoms with Crippen molar-refractivity contribution in [3.8, 4) is 6.07 Å². The molecule has 0 heterocycles. The fourth-order valence-corrected chi connectivity index (χ4v) is 2.63. The van der Waals surface area contributed by atoms with E-state index in [4.69, 9.17) is 0 Å². The highest BCUT2D eigenvalue weighted by Gasteiger charge is 2.17. The largest absolute Gasteiger partial charge is 0.360 e. The maximum atomic E-state index is 12.3. The van der Waals surface area contributed by atoms with Crippen molar-refractivity contribution in [2.45, 2.75) is 20.8 Å². The van der Waals surface area contributed by atoms with Gasteiger partial charge in [-0.1, -0.05) is 29.8 Å². The van der Waals surface area contributed by atoms with Crippen molar-refractivity contribution in [1.82, 2.24) is 0 Å².